The number of amides is 1. The lowest BCUT2D eigenvalue weighted by Gasteiger charge is -2.40. The molecular formula is C27H28Cl2F2N4O2. The molecule has 1 aromatic heterocycles. The van der Waals surface area contributed by atoms with Gasteiger partial charge in [0.15, 0.2) is 0 Å². The van der Waals surface area contributed by atoms with E-state index in [0.29, 0.717) is 6.42 Å². The number of nitrogens with two attached hydrogens (primary N) is 1. The average molecular weight is 549 g/mol. The molecule has 1 aliphatic heterocycles. The second-order valence-electron chi connectivity index (χ2n) is 10.6. The number of nitrogens with one attached hydrogen (secondary N) is 3. The first-order chi connectivity index (χ1) is 17.3. The van der Waals surface area contributed by atoms with Gasteiger partial charge in [0.25, 0.3) is 0 Å². The van der Waals surface area contributed by atoms with Gasteiger partial charge in [-0.1, -0.05) is 62.2 Å². The Morgan fingerprint density at radius 2 is 1.86 bits per heavy atom. The summed E-state index contributed by atoms with van der Waals surface area (Å²) in [4.78, 5) is 27.9. The van der Waals surface area contributed by atoms with Crippen molar-refractivity contribution in [2.45, 2.75) is 50.7 Å². The van der Waals surface area contributed by atoms with Gasteiger partial charge in [0, 0.05) is 40.5 Å². The number of hydrogen-bond donors (Lipinski definition) is 4. The van der Waals surface area contributed by atoms with Crippen LogP contribution in [-0.4, -0.2) is 23.0 Å². The van der Waals surface area contributed by atoms with Crippen molar-refractivity contribution >= 4 is 34.8 Å². The smallest absolute Gasteiger partial charge is 0.249 e. The van der Waals surface area contributed by atoms with Gasteiger partial charge in [-0.2, -0.15) is 0 Å². The lowest BCUT2D eigenvalue weighted by Crippen LogP contribution is -2.52. The highest BCUT2D eigenvalue weighted by Crippen LogP contribution is 2.50. The number of aromatic nitrogens is 1. The molecule has 1 amide bonds. The number of aromatic amines is 1. The van der Waals surface area contributed by atoms with E-state index < -0.39 is 46.6 Å². The van der Waals surface area contributed by atoms with Gasteiger partial charge in [-0.15, -0.1) is 0 Å². The monoisotopic (exact) mass is 548 g/mol. The van der Waals surface area contributed by atoms with Crippen molar-refractivity contribution in [1.82, 2.24) is 10.3 Å². The van der Waals surface area contributed by atoms with E-state index in [1.807, 2.05) is 20.8 Å². The van der Waals surface area contributed by atoms with Gasteiger partial charge >= 0.3 is 0 Å². The molecule has 0 spiro atoms. The Morgan fingerprint density at radius 3 is 2.51 bits per heavy atom. The molecule has 4 unspecified atom stereocenters. The third-order valence-electron chi connectivity index (χ3n) is 6.66. The van der Waals surface area contributed by atoms with Crippen LogP contribution >= 0.6 is 23.2 Å². The van der Waals surface area contributed by atoms with E-state index in [1.165, 1.54) is 42.6 Å². The third-order valence-corrected chi connectivity index (χ3v) is 7.19. The highest BCUT2D eigenvalue weighted by Gasteiger charge is 2.58. The molecule has 10 heteroatoms. The van der Waals surface area contributed by atoms with Crippen molar-refractivity contribution in [3.8, 4) is 0 Å². The summed E-state index contributed by atoms with van der Waals surface area (Å²) in [5, 5.41) is 6.01. The number of rotatable bonds is 5. The number of H-pyrrole nitrogens is 1. The summed E-state index contributed by atoms with van der Waals surface area (Å²) >= 11 is 12.2. The largest absolute Gasteiger partial charge is 0.329 e. The molecule has 1 saturated heterocycles. The summed E-state index contributed by atoms with van der Waals surface area (Å²) in [6.45, 7) is 5.98. The van der Waals surface area contributed by atoms with E-state index in [9.17, 15) is 9.59 Å². The normalized spacial score (nSPS) is 23.7. The van der Waals surface area contributed by atoms with E-state index in [0.717, 1.165) is 6.07 Å². The molecule has 0 radical (unpaired) electrons. The van der Waals surface area contributed by atoms with E-state index >= 15 is 8.78 Å². The van der Waals surface area contributed by atoms with Crippen LogP contribution in [0.2, 0.25) is 10.0 Å². The molecule has 4 rings (SSSR count). The summed E-state index contributed by atoms with van der Waals surface area (Å²) in [5.41, 5.74) is 5.27. The zero-order chi connectivity index (χ0) is 27.1. The Morgan fingerprint density at radius 1 is 1.14 bits per heavy atom. The van der Waals surface area contributed by atoms with E-state index in [4.69, 9.17) is 28.9 Å². The number of benzene rings is 2. The first-order valence-corrected chi connectivity index (χ1v) is 12.5. The Kier molecular flexibility index (Phi) is 7.50. The van der Waals surface area contributed by atoms with Crippen LogP contribution in [0.1, 0.15) is 44.2 Å². The van der Waals surface area contributed by atoms with E-state index in [1.54, 1.807) is 6.07 Å². The van der Waals surface area contributed by atoms with Crippen LogP contribution in [0.5, 0.6) is 0 Å². The zero-order valence-corrected chi connectivity index (χ0v) is 22.1. The molecule has 1 fully saturated rings. The molecule has 2 heterocycles. The van der Waals surface area contributed by atoms with Crippen molar-refractivity contribution in [1.29, 1.82) is 0 Å². The van der Waals surface area contributed by atoms with E-state index in [2.05, 4.69) is 15.6 Å². The second-order valence-corrected chi connectivity index (χ2v) is 11.4. The standard InChI is InChI=1S/C27H28Cl2F2N4O2/c1-26(2,3)13-20-27(32,17-8-7-14(28)11-19(17)30)22(16-5-4-6-18(29)23(16)31)24(35-20)25(37)34-15-9-10-33-21(36)12-15/h4-12,20,22,24,35H,13,32H2,1-3H3,(H2,33,34,36,37). The maximum Gasteiger partial charge on any atom is 0.249 e. The van der Waals surface area contributed by atoms with Crippen LogP contribution in [0.4, 0.5) is 14.5 Å². The topological polar surface area (TPSA) is 100 Å². The first kappa shape index (κ1) is 27.3. The van der Waals surface area contributed by atoms with Crippen LogP contribution in [-0.2, 0) is 10.3 Å². The van der Waals surface area contributed by atoms with Crippen molar-refractivity contribution < 1.29 is 13.6 Å². The van der Waals surface area contributed by atoms with Crippen LogP contribution < -0.4 is 21.9 Å². The van der Waals surface area contributed by atoms with Crippen molar-refractivity contribution in [2.24, 2.45) is 11.1 Å². The fraction of sp³-hybridized carbons (Fsp3) is 0.333. The molecule has 2 aromatic carbocycles. The molecular weight excluding hydrogens is 521 g/mol. The zero-order valence-electron chi connectivity index (χ0n) is 20.5. The third kappa shape index (κ3) is 5.43. The van der Waals surface area contributed by atoms with Gasteiger partial charge in [0.1, 0.15) is 11.6 Å². The van der Waals surface area contributed by atoms with Crippen LogP contribution in [0.3, 0.4) is 0 Å². The Bertz CT molecular complexity index is 1390. The SMILES string of the molecule is CC(C)(C)CC1NC(C(=O)Nc2cc[nH]c(=O)c2)C(c2cccc(Cl)c2F)C1(N)c1ccc(Cl)cc1F. The maximum absolute atomic E-state index is 15.6. The van der Waals surface area contributed by atoms with Crippen LogP contribution in [0.25, 0.3) is 0 Å². The van der Waals surface area contributed by atoms with E-state index in [-0.39, 0.29) is 32.3 Å². The summed E-state index contributed by atoms with van der Waals surface area (Å²) in [6, 6.07) is 9.57. The number of hydrogen-bond acceptors (Lipinski definition) is 4. The van der Waals surface area contributed by atoms with Crippen LogP contribution in [0.15, 0.2) is 59.5 Å². The second kappa shape index (κ2) is 10.2. The first-order valence-electron chi connectivity index (χ1n) is 11.8. The number of halogens is 4. The summed E-state index contributed by atoms with van der Waals surface area (Å²) in [5.74, 6) is -3.05. The maximum atomic E-state index is 15.6. The molecule has 3 aromatic rings. The Labute approximate surface area is 223 Å². The lowest BCUT2D eigenvalue weighted by molar-refractivity contribution is -0.118. The Hall–Kier alpha value is -2.78. The number of carbonyl (C=O) groups is 1. The summed E-state index contributed by atoms with van der Waals surface area (Å²) in [7, 11) is 0. The molecule has 0 saturated carbocycles. The predicted molar refractivity (Wildman–Crippen MR) is 142 cm³/mol. The quantitative estimate of drug-likeness (QED) is 0.347. The fourth-order valence-electron chi connectivity index (χ4n) is 5.15. The van der Waals surface area contributed by atoms with Crippen molar-refractivity contribution in [2.75, 3.05) is 5.32 Å². The van der Waals surface area contributed by atoms with Crippen molar-refractivity contribution in [3.63, 3.8) is 0 Å². The van der Waals surface area contributed by atoms with Crippen molar-refractivity contribution in [3.05, 3.63) is 97.9 Å². The average Bonchev–Trinajstić information content (AvgIpc) is 3.07. The molecule has 4 atom stereocenters. The minimum absolute atomic E-state index is 0.0688. The lowest BCUT2D eigenvalue weighted by atomic mass is 9.68. The van der Waals surface area contributed by atoms with Gasteiger partial charge in [-0.25, -0.2) is 8.78 Å². The summed E-state index contributed by atoms with van der Waals surface area (Å²) < 4.78 is 31.0. The van der Waals surface area contributed by atoms with Gasteiger partial charge in [-0.05, 0) is 41.7 Å². The minimum Gasteiger partial charge on any atom is -0.329 e. The highest BCUT2D eigenvalue weighted by molar-refractivity contribution is 6.31. The van der Waals surface area contributed by atoms with Gasteiger partial charge in [0.05, 0.1) is 16.6 Å². The number of pyridine rings is 1. The number of anilines is 1. The highest BCUT2D eigenvalue weighted by atomic mass is 35.5. The van der Waals surface area contributed by atoms with Gasteiger partial charge in [-0.3, -0.25) is 9.59 Å². The molecule has 0 bridgehead atoms. The molecule has 1 aliphatic rings. The summed E-state index contributed by atoms with van der Waals surface area (Å²) in [6.07, 6.45) is 1.83. The van der Waals surface area contributed by atoms with Gasteiger partial charge < -0.3 is 21.4 Å². The van der Waals surface area contributed by atoms with Crippen LogP contribution in [0, 0.1) is 17.0 Å². The Balaban J connectivity index is 1.92. The van der Waals surface area contributed by atoms with Gasteiger partial charge in [0.2, 0.25) is 11.5 Å². The minimum atomic E-state index is -1.58. The number of carbonyl (C=O) groups excluding carboxylic acids is 1. The fourth-order valence-corrected chi connectivity index (χ4v) is 5.49. The molecule has 0 aliphatic carbocycles. The molecule has 37 heavy (non-hydrogen) atoms. The molecule has 6 nitrogen and oxygen atoms in total. The molecule has 196 valence electrons. The molecule has 5 N–H and O–H groups in total. The predicted octanol–water partition coefficient (Wildman–Crippen LogP) is 5.31.